The highest BCUT2D eigenvalue weighted by Gasteiger charge is 2.09. The predicted molar refractivity (Wildman–Crippen MR) is 90.5 cm³/mol. The van der Waals surface area contributed by atoms with E-state index in [4.69, 9.17) is 15.1 Å². The van der Waals surface area contributed by atoms with Crippen LogP contribution in [0.2, 0.25) is 0 Å². The van der Waals surface area contributed by atoms with Gasteiger partial charge in [0.05, 0.1) is 5.69 Å². The average molecular weight is 306 g/mol. The Kier molecular flexibility index (Phi) is 3.08. The molecule has 3 heterocycles. The van der Waals surface area contributed by atoms with Crippen LogP contribution in [0.1, 0.15) is 22.5 Å². The van der Waals surface area contributed by atoms with Crippen LogP contribution in [0.15, 0.2) is 40.9 Å². The van der Waals surface area contributed by atoms with Crippen LogP contribution in [0, 0.1) is 13.8 Å². The van der Waals surface area contributed by atoms with E-state index < -0.39 is 0 Å². The standard InChI is InChI=1S/C18H18N4O/c1-11-7-8-22-12(2)14(20-17(22)9-11)5-3-13-4-6-15-16(10-13)23-18(19)21-15/h4,6-10H,3,5H2,1-2H3,(H2,19,21). The minimum absolute atomic E-state index is 0.212. The average Bonchev–Trinajstić information content (AvgIpc) is 3.03. The number of anilines is 1. The SMILES string of the molecule is Cc1ccn2c(C)c(CCc3ccc4nc(N)oc4c3)nc2c1. The van der Waals surface area contributed by atoms with Crippen LogP contribution in [0.25, 0.3) is 16.7 Å². The molecule has 5 heteroatoms. The Bertz CT molecular complexity index is 1010. The summed E-state index contributed by atoms with van der Waals surface area (Å²) in [6.07, 6.45) is 3.88. The van der Waals surface area contributed by atoms with Gasteiger partial charge in [0.25, 0.3) is 6.01 Å². The zero-order valence-corrected chi connectivity index (χ0v) is 13.2. The maximum Gasteiger partial charge on any atom is 0.292 e. The van der Waals surface area contributed by atoms with Crippen molar-refractivity contribution in [1.82, 2.24) is 14.4 Å². The highest BCUT2D eigenvalue weighted by atomic mass is 16.4. The number of fused-ring (bicyclic) bond motifs is 2. The van der Waals surface area contributed by atoms with Gasteiger partial charge in [0, 0.05) is 11.9 Å². The van der Waals surface area contributed by atoms with Gasteiger partial charge in [-0.25, -0.2) is 4.98 Å². The normalized spacial score (nSPS) is 11.6. The fraction of sp³-hybridized carbons (Fsp3) is 0.222. The molecule has 0 radical (unpaired) electrons. The topological polar surface area (TPSA) is 69.3 Å². The number of nitrogen functional groups attached to an aromatic ring is 1. The van der Waals surface area contributed by atoms with E-state index in [0.717, 1.165) is 35.3 Å². The lowest BCUT2D eigenvalue weighted by molar-refractivity contribution is 0.625. The summed E-state index contributed by atoms with van der Waals surface area (Å²) in [6.45, 7) is 4.20. The van der Waals surface area contributed by atoms with Crippen LogP contribution >= 0.6 is 0 Å². The van der Waals surface area contributed by atoms with Crippen molar-refractivity contribution in [3.05, 3.63) is 59.0 Å². The van der Waals surface area contributed by atoms with Crippen LogP contribution in [0.4, 0.5) is 6.01 Å². The molecular formula is C18H18N4O. The summed E-state index contributed by atoms with van der Waals surface area (Å²) in [5, 5.41) is 0. The molecule has 5 nitrogen and oxygen atoms in total. The molecule has 0 aliphatic rings. The Hall–Kier alpha value is -2.82. The van der Waals surface area contributed by atoms with E-state index >= 15 is 0 Å². The van der Waals surface area contributed by atoms with Crippen molar-refractivity contribution in [2.75, 3.05) is 5.73 Å². The zero-order valence-electron chi connectivity index (χ0n) is 13.2. The van der Waals surface area contributed by atoms with Gasteiger partial charge in [-0.1, -0.05) is 6.07 Å². The molecular weight excluding hydrogens is 288 g/mol. The van der Waals surface area contributed by atoms with Crippen molar-refractivity contribution in [1.29, 1.82) is 0 Å². The minimum atomic E-state index is 0.212. The van der Waals surface area contributed by atoms with Crippen molar-refractivity contribution in [2.24, 2.45) is 0 Å². The van der Waals surface area contributed by atoms with E-state index in [0.29, 0.717) is 0 Å². The van der Waals surface area contributed by atoms with Gasteiger partial charge in [-0.3, -0.25) is 0 Å². The van der Waals surface area contributed by atoms with Crippen LogP contribution in [-0.2, 0) is 12.8 Å². The monoisotopic (exact) mass is 306 g/mol. The molecule has 0 aliphatic carbocycles. The summed E-state index contributed by atoms with van der Waals surface area (Å²) >= 11 is 0. The van der Waals surface area contributed by atoms with Crippen molar-refractivity contribution in [2.45, 2.75) is 26.7 Å². The van der Waals surface area contributed by atoms with Crippen LogP contribution in [-0.4, -0.2) is 14.4 Å². The molecule has 0 unspecified atom stereocenters. The van der Waals surface area contributed by atoms with Gasteiger partial charge in [0.15, 0.2) is 5.58 Å². The first-order valence-corrected chi connectivity index (χ1v) is 7.69. The summed E-state index contributed by atoms with van der Waals surface area (Å²) in [6, 6.07) is 10.5. The van der Waals surface area contributed by atoms with Gasteiger partial charge in [-0.15, -0.1) is 0 Å². The molecule has 4 rings (SSSR count). The van der Waals surface area contributed by atoms with E-state index in [-0.39, 0.29) is 6.01 Å². The van der Waals surface area contributed by atoms with E-state index in [1.165, 1.54) is 16.8 Å². The van der Waals surface area contributed by atoms with Gasteiger partial charge in [-0.2, -0.15) is 4.98 Å². The van der Waals surface area contributed by atoms with Gasteiger partial charge in [0.2, 0.25) is 0 Å². The second-order valence-electron chi connectivity index (χ2n) is 5.93. The van der Waals surface area contributed by atoms with Gasteiger partial charge in [0.1, 0.15) is 11.2 Å². The fourth-order valence-corrected chi connectivity index (χ4v) is 2.96. The Morgan fingerprint density at radius 1 is 1.09 bits per heavy atom. The number of nitrogens with two attached hydrogens (primary N) is 1. The number of pyridine rings is 1. The van der Waals surface area contributed by atoms with E-state index in [2.05, 4.69) is 47.6 Å². The van der Waals surface area contributed by atoms with Crippen molar-refractivity contribution < 1.29 is 4.42 Å². The van der Waals surface area contributed by atoms with Crippen LogP contribution < -0.4 is 5.73 Å². The van der Waals surface area contributed by atoms with Crippen LogP contribution in [0.3, 0.4) is 0 Å². The first-order valence-electron chi connectivity index (χ1n) is 7.69. The molecule has 3 aromatic heterocycles. The molecule has 0 bridgehead atoms. The highest BCUT2D eigenvalue weighted by Crippen LogP contribution is 2.20. The third kappa shape index (κ3) is 2.44. The number of oxazole rings is 1. The summed E-state index contributed by atoms with van der Waals surface area (Å²) in [5.41, 5.74) is 12.9. The lowest BCUT2D eigenvalue weighted by Crippen LogP contribution is -1.94. The van der Waals surface area contributed by atoms with Crippen molar-refractivity contribution in [3.63, 3.8) is 0 Å². The van der Waals surface area contributed by atoms with E-state index in [1.807, 2.05) is 12.1 Å². The molecule has 23 heavy (non-hydrogen) atoms. The van der Waals surface area contributed by atoms with Crippen LogP contribution in [0.5, 0.6) is 0 Å². The molecule has 0 atom stereocenters. The molecule has 0 saturated carbocycles. The Morgan fingerprint density at radius 3 is 2.83 bits per heavy atom. The van der Waals surface area contributed by atoms with Gasteiger partial charge in [-0.05, 0) is 62.1 Å². The number of aromatic nitrogens is 3. The number of hydrogen-bond acceptors (Lipinski definition) is 4. The van der Waals surface area contributed by atoms with Crippen molar-refractivity contribution in [3.8, 4) is 0 Å². The summed E-state index contributed by atoms with van der Waals surface area (Å²) in [5.74, 6) is 0. The fourth-order valence-electron chi connectivity index (χ4n) is 2.96. The molecule has 116 valence electrons. The summed E-state index contributed by atoms with van der Waals surface area (Å²) in [7, 11) is 0. The second kappa shape index (κ2) is 5.12. The highest BCUT2D eigenvalue weighted by molar-refractivity contribution is 5.74. The quantitative estimate of drug-likeness (QED) is 0.629. The summed E-state index contributed by atoms with van der Waals surface area (Å²) in [4.78, 5) is 8.88. The van der Waals surface area contributed by atoms with E-state index in [9.17, 15) is 0 Å². The number of benzene rings is 1. The molecule has 0 spiro atoms. The largest absolute Gasteiger partial charge is 0.424 e. The number of imidazole rings is 1. The number of hydrogen-bond donors (Lipinski definition) is 1. The van der Waals surface area contributed by atoms with Gasteiger partial charge < -0.3 is 14.6 Å². The predicted octanol–water partition coefficient (Wildman–Crippen LogP) is 3.46. The third-order valence-corrected chi connectivity index (χ3v) is 4.24. The van der Waals surface area contributed by atoms with Crippen molar-refractivity contribution >= 4 is 22.8 Å². The molecule has 2 N–H and O–H groups in total. The first kappa shape index (κ1) is 13.8. The number of rotatable bonds is 3. The second-order valence-corrected chi connectivity index (χ2v) is 5.93. The smallest absolute Gasteiger partial charge is 0.292 e. The zero-order chi connectivity index (χ0) is 16.0. The molecule has 1 aromatic carbocycles. The third-order valence-electron chi connectivity index (χ3n) is 4.24. The molecule has 0 fully saturated rings. The molecule has 4 aromatic rings. The summed E-state index contributed by atoms with van der Waals surface area (Å²) < 4.78 is 7.53. The molecule has 0 saturated heterocycles. The lowest BCUT2D eigenvalue weighted by atomic mass is 10.1. The molecule has 0 amide bonds. The van der Waals surface area contributed by atoms with E-state index in [1.54, 1.807) is 0 Å². The minimum Gasteiger partial charge on any atom is -0.424 e. The number of nitrogens with zero attached hydrogens (tertiary/aromatic N) is 3. The maximum atomic E-state index is 5.59. The Morgan fingerprint density at radius 2 is 1.96 bits per heavy atom. The first-order chi connectivity index (χ1) is 11.1. The molecule has 0 aliphatic heterocycles. The Labute approximate surface area is 133 Å². The lowest BCUT2D eigenvalue weighted by Gasteiger charge is -2.01. The Balaban J connectivity index is 1.61. The van der Waals surface area contributed by atoms with Gasteiger partial charge >= 0.3 is 0 Å². The maximum absolute atomic E-state index is 5.59. The number of aryl methyl sites for hydroxylation is 4.